The van der Waals surface area contributed by atoms with Crippen LogP contribution in [0.25, 0.3) is 76.2 Å². The zero-order valence-corrected chi connectivity index (χ0v) is 26.1. The van der Waals surface area contributed by atoms with Crippen LogP contribution >= 0.6 is 0 Å². The SMILES string of the molecule is c1ccc2c(c1)ccc1cc(N(c3ccc(-c4cccc5oc6ccccc6c45)cc3)c3ccc4ccc5ccccc5c4c3)ccc12. The first-order chi connectivity index (χ1) is 23.8. The van der Waals surface area contributed by atoms with Crippen LogP contribution in [0.15, 0.2) is 180 Å². The molecule has 0 radical (unpaired) electrons. The second-order valence-electron chi connectivity index (χ2n) is 12.5. The summed E-state index contributed by atoms with van der Waals surface area (Å²) < 4.78 is 6.21. The number of furan rings is 1. The summed E-state index contributed by atoms with van der Waals surface area (Å²) in [4.78, 5) is 2.38. The van der Waals surface area contributed by atoms with E-state index in [4.69, 9.17) is 4.42 Å². The third-order valence-electron chi connectivity index (χ3n) is 9.81. The van der Waals surface area contributed by atoms with Gasteiger partial charge in [0.15, 0.2) is 0 Å². The Balaban J connectivity index is 1.16. The van der Waals surface area contributed by atoms with Crippen LogP contribution in [0.1, 0.15) is 0 Å². The number of nitrogens with zero attached hydrogens (tertiary/aromatic N) is 1. The normalized spacial score (nSPS) is 11.8. The molecular formula is C46H29NO. The molecule has 10 rings (SSSR count). The number of hydrogen-bond acceptors (Lipinski definition) is 2. The molecule has 0 fully saturated rings. The maximum Gasteiger partial charge on any atom is 0.136 e. The highest BCUT2D eigenvalue weighted by Crippen LogP contribution is 2.42. The van der Waals surface area contributed by atoms with Crippen molar-refractivity contribution in [2.45, 2.75) is 0 Å². The molecule has 0 aliphatic rings. The number of anilines is 3. The second-order valence-corrected chi connectivity index (χ2v) is 12.5. The van der Waals surface area contributed by atoms with Crippen molar-refractivity contribution in [3.05, 3.63) is 176 Å². The fourth-order valence-corrected chi connectivity index (χ4v) is 7.52. The molecular weight excluding hydrogens is 583 g/mol. The molecule has 0 spiro atoms. The Bertz CT molecular complexity index is 2840. The fourth-order valence-electron chi connectivity index (χ4n) is 7.52. The number of para-hydroxylation sites is 1. The minimum Gasteiger partial charge on any atom is -0.456 e. The standard InChI is InChI=1S/C46H29NO/c1-3-10-38-30(8-1)18-19-34-28-36(26-27-40(34)38)47(37-25-22-33-17-16-31-9-2-4-11-39(31)43(33)29-37)35-23-20-32(21-24-35)41-13-7-15-45-46(41)42-12-5-6-14-44(42)48-45/h1-29H. The molecule has 0 N–H and O–H groups in total. The summed E-state index contributed by atoms with van der Waals surface area (Å²) in [6.07, 6.45) is 0. The van der Waals surface area contributed by atoms with E-state index in [0.29, 0.717) is 0 Å². The molecule has 0 unspecified atom stereocenters. The van der Waals surface area contributed by atoms with Gasteiger partial charge in [-0.2, -0.15) is 0 Å². The molecule has 2 heteroatoms. The van der Waals surface area contributed by atoms with E-state index in [1.165, 1.54) is 48.7 Å². The summed E-state index contributed by atoms with van der Waals surface area (Å²) in [7, 11) is 0. The number of benzene rings is 9. The van der Waals surface area contributed by atoms with Crippen molar-refractivity contribution in [2.24, 2.45) is 0 Å². The lowest BCUT2D eigenvalue weighted by molar-refractivity contribution is 0.669. The first-order valence-electron chi connectivity index (χ1n) is 16.4. The van der Waals surface area contributed by atoms with Gasteiger partial charge in [0.2, 0.25) is 0 Å². The third-order valence-corrected chi connectivity index (χ3v) is 9.81. The van der Waals surface area contributed by atoms with Gasteiger partial charge in [0.25, 0.3) is 0 Å². The molecule has 2 nitrogen and oxygen atoms in total. The second kappa shape index (κ2) is 10.6. The molecule has 0 amide bonds. The minimum absolute atomic E-state index is 0.909. The fraction of sp³-hybridized carbons (Fsp3) is 0. The van der Waals surface area contributed by atoms with Crippen molar-refractivity contribution in [3.8, 4) is 11.1 Å². The van der Waals surface area contributed by atoms with E-state index >= 15 is 0 Å². The van der Waals surface area contributed by atoms with E-state index < -0.39 is 0 Å². The van der Waals surface area contributed by atoms with Gasteiger partial charge in [-0.05, 0) is 103 Å². The monoisotopic (exact) mass is 611 g/mol. The van der Waals surface area contributed by atoms with Crippen LogP contribution in [-0.2, 0) is 0 Å². The summed E-state index contributed by atoms with van der Waals surface area (Å²) in [6.45, 7) is 0. The van der Waals surface area contributed by atoms with Crippen molar-refractivity contribution >= 4 is 82.1 Å². The Hall–Kier alpha value is -6.38. The van der Waals surface area contributed by atoms with Crippen LogP contribution in [-0.4, -0.2) is 0 Å². The van der Waals surface area contributed by atoms with Gasteiger partial charge in [0.05, 0.1) is 0 Å². The minimum atomic E-state index is 0.909. The van der Waals surface area contributed by atoms with Gasteiger partial charge in [-0.1, -0.05) is 127 Å². The van der Waals surface area contributed by atoms with Gasteiger partial charge in [0.1, 0.15) is 11.2 Å². The molecule has 0 aliphatic heterocycles. The maximum atomic E-state index is 6.21. The Morgan fingerprint density at radius 1 is 0.333 bits per heavy atom. The molecule has 0 atom stereocenters. The lowest BCUT2D eigenvalue weighted by atomic mass is 9.98. The van der Waals surface area contributed by atoms with Crippen molar-refractivity contribution in [1.82, 2.24) is 0 Å². The Kier molecular flexibility index (Phi) is 5.91. The molecule has 48 heavy (non-hydrogen) atoms. The Morgan fingerprint density at radius 3 is 1.67 bits per heavy atom. The molecule has 10 aromatic rings. The van der Waals surface area contributed by atoms with Gasteiger partial charge in [0, 0.05) is 27.8 Å². The van der Waals surface area contributed by atoms with Crippen LogP contribution in [0, 0.1) is 0 Å². The van der Waals surface area contributed by atoms with E-state index in [-0.39, 0.29) is 0 Å². The Morgan fingerprint density at radius 2 is 0.875 bits per heavy atom. The van der Waals surface area contributed by atoms with Crippen molar-refractivity contribution in [3.63, 3.8) is 0 Å². The van der Waals surface area contributed by atoms with Gasteiger partial charge in [-0.15, -0.1) is 0 Å². The van der Waals surface area contributed by atoms with E-state index in [0.717, 1.165) is 44.6 Å². The first-order valence-corrected chi connectivity index (χ1v) is 16.4. The molecule has 9 aromatic carbocycles. The molecule has 0 bridgehead atoms. The summed E-state index contributed by atoms with van der Waals surface area (Å²) in [5, 5.41) is 12.3. The van der Waals surface area contributed by atoms with Crippen LogP contribution in [0.5, 0.6) is 0 Å². The summed E-state index contributed by atoms with van der Waals surface area (Å²) in [6, 6.07) is 63.5. The van der Waals surface area contributed by atoms with Crippen molar-refractivity contribution < 1.29 is 4.42 Å². The molecule has 1 heterocycles. The third kappa shape index (κ3) is 4.20. The molecule has 0 saturated carbocycles. The summed E-state index contributed by atoms with van der Waals surface area (Å²) in [5.74, 6) is 0. The zero-order chi connectivity index (χ0) is 31.6. The van der Waals surface area contributed by atoms with Crippen LogP contribution in [0.4, 0.5) is 17.1 Å². The topological polar surface area (TPSA) is 16.4 Å². The number of fused-ring (bicyclic) bond motifs is 9. The zero-order valence-electron chi connectivity index (χ0n) is 26.1. The summed E-state index contributed by atoms with van der Waals surface area (Å²) >= 11 is 0. The average molecular weight is 612 g/mol. The summed E-state index contributed by atoms with van der Waals surface area (Å²) in [5.41, 5.74) is 7.49. The Labute approximate surface area is 277 Å². The van der Waals surface area contributed by atoms with E-state index in [9.17, 15) is 0 Å². The lowest BCUT2D eigenvalue weighted by Crippen LogP contribution is -2.10. The number of hydrogen-bond donors (Lipinski definition) is 0. The van der Waals surface area contributed by atoms with Crippen molar-refractivity contribution in [1.29, 1.82) is 0 Å². The van der Waals surface area contributed by atoms with E-state index in [1.807, 2.05) is 12.1 Å². The van der Waals surface area contributed by atoms with Crippen LogP contribution < -0.4 is 4.90 Å². The molecule has 0 aliphatic carbocycles. The smallest absolute Gasteiger partial charge is 0.136 e. The average Bonchev–Trinajstić information content (AvgIpc) is 3.54. The first kappa shape index (κ1) is 26.8. The molecule has 0 saturated heterocycles. The molecule has 1 aromatic heterocycles. The highest BCUT2D eigenvalue weighted by molar-refractivity contribution is 6.13. The quantitative estimate of drug-likeness (QED) is 0.184. The van der Waals surface area contributed by atoms with Crippen LogP contribution in [0.3, 0.4) is 0 Å². The van der Waals surface area contributed by atoms with Crippen molar-refractivity contribution in [2.75, 3.05) is 4.90 Å². The van der Waals surface area contributed by atoms with Gasteiger partial charge in [-0.3, -0.25) is 0 Å². The van der Waals surface area contributed by atoms with Crippen LogP contribution in [0.2, 0.25) is 0 Å². The van der Waals surface area contributed by atoms with E-state index in [1.54, 1.807) is 0 Å². The van der Waals surface area contributed by atoms with Gasteiger partial charge < -0.3 is 9.32 Å². The maximum absolute atomic E-state index is 6.21. The highest BCUT2D eigenvalue weighted by Gasteiger charge is 2.17. The number of rotatable bonds is 4. The van der Waals surface area contributed by atoms with Gasteiger partial charge >= 0.3 is 0 Å². The molecule has 224 valence electrons. The predicted molar refractivity (Wildman–Crippen MR) is 204 cm³/mol. The lowest BCUT2D eigenvalue weighted by Gasteiger charge is -2.27. The largest absolute Gasteiger partial charge is 0.456 e. The highest BCUT2D eigenvalue weighted by atomic mass is 16.3. The van der Waals surface area contributed by atoms with E-state index in [2.05, 4.69) is 169 Å². The predicted octanol–water partition coefficient (Wildman–Crippen LogP) is 13.3. The van der Waals surface area contributed by atoms with Gasteiger partial charge in [-0.25, -0.2) is 0 Å².